The lowest BCUT2D eigenvalue weighted by Gasteiger charge is -2.41. The molecular formula is C25H32O8. The third kappa shape index (κ3) is 5.84. The van der Waals surface area contributed by atoms with Crippen LogP contribution in [0.25, 0.3) is 0 Å². The van der Waals surface area contributed by atoms with Crippen molar-refractivity contribution in [3.63, 3.8) is 0 Å². The third-order valence-electron chi connectivity index (χ3n) is 6.35. The molecule has 1 saturated heterocycles. The number of fused-ring (bicyclic) bond motifs is 8. The van der Waals surface area contributed by atoms with E-state index in [2.05, 4.69) is 0 Å². The number of aryl methyl sites for hydroxylation is 2. The number of aromatic hydroxyl groups is 1. The van der Waals surface area contributed by atoms with Crippen molar-refractivity contribution in [1.29, 1.82) is 0 Å². The molecule has 5 N–H and O–H groups in total. The van der Waals surface area contributed by atoms with Crippen molar-refractivity contribution >= 4 is 0 Å². The summed E-state index contributed by atoms with van der Waals surface area (Å²) in [7, 11) is 0. The first-order chi connectivity index (χ1) is 15.9. The van der Waals surface area contributed by atoms with Crippen molar-refractivity contribution in [1.82, 2.24) is 0 Å². The van der Waals surface area contributed by atoms with E-state index in [1.54, 1.807) is 6.07 Å². The highest BCUT2D eigenvalue weighted by Gasteiger charge is 2.44. The number of aliphatic hydroxyl groups excluding tert-OH is 4. The van der Waals surface area contributed by atoms with Gasteiger partial charge in [-0.05, 0) is 67.5 Å². The van der Waals surface area contributed by atoms with Gasteiger partial charge in [0.05, 0.1) is 12.7 Å². The summed E-state index contributed by atoms with van der Waals surface area (Å²) < 4.78 is 17.5. The van der Waals surface area contributed by atoms with E-state index in [4.69, 9.17) is 14.2 Å². The van der Waals surface area contributed by atoms with Crippen molar-refractivity contribution in [3.05, 3.63) is 53.6 Å². The van der Waals surface area contributed by atoms with Gasteiger partial charge < -0.3 is 39.7 Å². The Morgan fingerprint density at radius 3 is 2.36 bits per heavy atom. The second kappa shape index (κ2) is 10.8. The molecule has 1 fully saturated rings. The summed E-state index contributed by atoms with van der Waals surface area (Å²) in [6.45, 7) is -0.488. The SMILES string of the molecule is OC[C@H]1O[C@@H](O[C@@H]2CCCCc3ccc(O)c(c3)Oc3ccc(cc3)CC2)[C@H](O)[C@@H](O)[C@@H]1O. The zero-order valence-electron chi connectivity index (χ0n) is 18.4. The van der Waals surface area contributed by atoms with E-state index in [0.29, 0.717) is 24.3 Å². The lowest BCUT2D eigenvalue weighted by molar-refractivity contribution is -0.312. The average Bonchev–Trinajstić information content (AvgIpc) is 2.83. The molecule has 5 rings (SSSR count). The molecule has 180 valence electrons. The van der Waals surface area contributed by atoms with Crippen LogP contribution in [0.2, 0.25) is 0 Å². The zero-order chi connectivity index (χ0) is 23.4. The van der Waals surface area contributed by atoms with Crippen molar-refractivity contribution in [2.24, 2.45) is 0 Å². The molecule has 8 nitrogen and oxygen atoms in total. The standard InChI is InChI=1S/C25H32O8/c26-14-21-22(28)23(29)24(30)25(33-21)32-17-4-2-1-3-16-8-12-19(27)20(13-16)31-18-10-6-15(5-9-17)7-11-18/h6-8,10-13,17,21-30H,1-5,9,14H2/t17-,21-,22-,23+,24-,25-/m1/s1. The molecule has 0 radical (unpaired) electrons. The predicted octanol–water partition coefficient (Wildman–Crippen LogP) is 2.03. The molecule has 3 aliphatic rings. The van der Waals surface area contributed by atoms with Crippen molar-refractivity contribution in [2.75, 3.05) is 6.61 Å². The molecule has 0 amide bonds. The fourth-order valence-corrected chi connectivity index (χ4v) is 4.33. The number of ether oxygens (including phenoxy) is 3. The summed E-state index contributed by atoms with van der Waals surface area (Å²) in [6, 6.07) is 13.0. The van der Waals surface area contributed by atoms with Gasteiger partial charge in [0.25, 0.3) is 0 Å². The van der Waals surface area contributed by atoms with E-state index in [0.717, 1.165) is 36.8 Å². The fraction of sp³-hybridized carbons (Fsp3) is 0.520. The number of aliphatic hydroxyl groups is 4. The van der Waals surface area contributed by atoms with Crippen LogP contribution in [0.4, 0.5) is 0 Å². The summed E-state index contributed by atoms with van der Waals surface area (Å²) in [4.78, 5) is 0. The molecule has 0 aromatic heterocycles. The summed E-state index contributed by atoms with van der Waals surface area (Å²) >= 11 is 0. The Hall–Kier alpha value is -2.20. The lowest BCUT2D eigenvalue weighted by Crippen LogP contribution is -2.59. The molecule has 0 saturated carbocycles. The molecule has 2 aromatic rings. The van der Waals surface area contributed by atoms with E-state index < -0.39 is 37.3 Å². The minimum Gasteiger partial charge on any atom is -0.504 e. The van der Waals surface area contributed by atoms with E-state index >= 15 is 0 Å². The minimum absolute atomic E-state index is 0.0973. The normalized spacial score (nSPS) is 30.8. The van der Waals surface area contributed by atoms with Gasteiger partial charge in [-0.15, -0.1) is 0 Å². The maximum Gasteiger partial charge on any atom is 0.186 e. The molecule has 4 bridgehead atoms. The smallest absolute Gasteiger partial charge is 0.186 e. The molecule has 3 aliphatic heterocycles. The number of benzene rings is 2. The Bertz CT molecular complexity index is 900. The van der Waals surface area contributed by atoms with Gasteiger partial charge in [0.1, 0.15) is 30.2 Å². The molecule has 6 atom stereocenters. The first-order valence-electron chi connectivity index (χ1n) is 11.5. The highest BCUT2D eigenvalue weighted by molar-refractivity contribution is 5.45. The second-order valence-electron chi connectivity index (χ2n) is 8.79. The maximum atomic E-state index is 10.4. The van der Waals surface area contributed by atoms with Crippen LogP contribution in [-0.4, -0.2) is 68.9 Å². The van der Waals surface area contributed by atoms with Gasteiger partial charge in [0, 0.05) is 0 Å². The number of phenols is 1. The molecule has 0 aliphatic carbocycles. The van der Waals surface area contributed by atoms with Crippen LogP contribution in [-0.2, 0) is 22.3 Å². The third-order valence-corrected chi connectivity index (χ3v) is 6.35. The summed E-state index contributed by atoms with van der Waals surface area (Å²) in [5.41, 5.74) is 2.14. The zero-order valence-corrected chi connectivity index (χ0v) is 18.4. The number of hydrogen-bond donors (Lipinski definition) is 5. The minimum atomic E-state index is -1.46. The molecule has 8 heteroatoms. The van der Waals surface area contributed by atoms with Gasteiger partial charge in [-0.2, -0.15) is 0 Å². The highest BCUT2D eigenvalue weighted by atomic mass is 16.7. The van der Waals surface area contributed by atoms with E-state index in [9.17, 15) is 25.5 Å². The number of rotatable bonds is 3. The van der Waals surface area contributed by atoms with E-state index in [-0.39, 0.29) is 11.9 Å². The predicted molar refractivity (Wildman–Crippen MR) is 119 cm³/mol. The fourth-order valence-electron chi connectivity index (χ4n) is 4.33. The van der Waals surface area contributed by atoms with Gasteiger partial charge >= 0.3 is 0 Å². The van der Waals surface area contributed by atoms with Crippen LogP contribution in [0.3, 0.4) is 0 Å². The van der Waals surface area contributed by atoms with Gasteiger partial charge in [0.2, 0.25) is 0 Å². The number of phenolic OH excluding ortho intramolecular Hbond substituents is 1. The Morgan fingerprint density at radius 1 is 0.848 bits per heavy atom. The van der Waals surface area contributed by atoms with E-state index in [1.807, 2.05) is 36.4 Å². The van der Waals surface area contributed by atoms with Crippen LogP contribution in [0, 0.1) is 0 Å². The Kier molecular flexibility index (Phi) is 7.85. The van der Waals surface area contributed by atoms with Crippen molar-refractivity contribution in [2.45, 2.75) is 75.3 Å². The van der Waals surface area contributed by atoms with Gasteiger partial charge in [-0.1, -0.05) is 24.6 Å². The molecule has 2 aromatic carbocycles. The van der Waals surface area contributed by atoms with Crippen LogP contribution in [0.15, 0.2) is 42.5 Å². The molecule has 0 spiro atoms. The van der Waals surface area contributed by atoms with Crippen LogP contribution < -0.4 is 4.74 Å². The van der Waals surface area contributed by atoms with Crippen molar-refractivity contribution < 1.29 is 39.7 Å². The average molecular weight is 461 g/mol. The van der Waals surface area contributed by atoms with Crippen LogP contribution in [0.1, 0.15) is 36.8 Å². The Labute approximate surface area is 193 Å². The number of hydrogen-bond acceptors (Lipinski definition) is 8. The van der Waals surface area contributed by atoms with Gasteiger partial charge in [-0.25, -0.2) is 0 Å². The molecule has 33 heavy (non-hydrogen) atoms. The van der Waals surface area contributed by atoms with Gasteiger partial charge in [0.15, 0.2) is 17.8 Å². The molecule has 3 heterocycles. The summed E-state index contributed by atoms with van der Waals surface area (Å²) in [6.07, 6.45) is -1.99. The quantitative estimate of drug-likeness (QED) is 0.471. The first kappa shape index (κ1) is 23.9. The lowest BCUT2D eigenvalue weighted by atomic mass is 9.98. The van der Waals surface area contributed by atoms with E-state index in [1.165, 1.54) is 0 Å². The highest BCUT2D eigenvalue weighted by Crippen LogP contribution is 2.33. The largest absolute Gasteiger partial charge is 0.504 e. The second-order valence-corrected chi connectivity index (χ2v) is 8.79. The van der Waals surface area contributed by atoms with Crippen LogP contribution in [0.5, 0.6) is 17.2 Å². The maximum absolute atomic E-state index is 10.4. The Balaban J connectivity index is 1.49. The Morgan fingerprint density at radius 2 is 1.61 bits per heavy atom. The monoisotopic (exact) mass is 460 g/mol. The van der Waals surface area contributed by atoms with Gasteiger partial charge in [-0.3, -0.25) is 0 Å². The molecule has 0 unspecified atom stereocenters. The van der Waals surface area contributed by atoms with Crippen LogP contribution >= 0.6 is 0 Å². The summed E-state index contributed by atoms with van der Waals surface area (Å²) in [5, 5.41) is 50.0. The van der Waals surface area contributed by atoms with Crippen molar-refractivity contribution in [3.8, 4) is 17.2 Å². The topological polar surface area (TPSA) is 129 Å². The molecular weight excluding hydrogens is 428 g/mol. The summed E-state index contributed by atoms with van der Waals surface area (Å²) in [5.74, 6) is 1.16. The first-order valence-corrected chi connectivity index (χ1v) is 11.5.